The number of carbonyl (C=O) groups excluding carboxylic acids is 2. The highest BCUT2D eigenvalue weighted by molar-refractivity contribution is 6.69. The number of Topliss-reactive ketones (excluding diaryl/α,β-unsaturated/α-hetero) is 2. The van der Waals surface area contributed by atoms with E-state index in [4.69, 9.17) is 18.9 Å². The highest BCUT2D eigenvalue weighted by atomic mass is 28.4. The number of fused-ring (bicyclic) bond motifs is 1. The summed E-state index contributed by atoms with van der Waals surface area (Å²) < 4.78 is 52.5. The van der Waals surface area contributed by atoms with E-state index < -0.39 is 54.4 Å². The van der Waals surface area contributed by atoms with Crippen LogP contribution in [0.1, 0.15) is 34.6 Å². The average Bonchev–Trinajstić information content (AvgIpc) is 2.55. The molecule has 0 aromatic rings. The summed E-state index contributed by atoms with van der Waals surface area (Å²) in [6, 6.07) is 0. The van der Waals surface area contributed by atoms with E-state index in [1.165, 1.54) is 34.8 Å². The van der Waals surface area contributed by atoms with Gasteiger partial charge in [0.25, 0.3) is 0 Å². The Bertz CT molecular complexity index is 752. The number of ketones is 2. The van der Waals surface area contributed by atoms with Gasteiger partial charge in [-0.05, 0) is 60.3 Å². The summed E-state index contributed by atoms with van der Waals surface area (Å²) in [6.45, 7) is 11.9. The zero-order chi connectivity index (χ0) is 22.8. The van der Waals surface area contributed by atoms with Crippen molar-refractivity contribution in [2.45, 2.75) is 77.9 Å². The van der Waals surface area contributed by atoms with Crippen molar-refractivity contribution in [3.8, 4) is 0 Å². The number of rotatable bonds is 4. The molecule has 0 amide bonds. The number of hydrogen-bond acceptors (Lipinski definition) is 6. The Morgan fingerprint density at radius 3 is 1.97 bits per heavy atom. The fraction of sp³-hybridized carbons (Fsp3) is 0.789. The standard InChI is InChI=1S/C19H29F3O6Si/c1-15(2)12(23)11-10-17(5,14(19(20,21)22)26-29(7,8)9)27-28-18(11,25-6)16(3,4)13(15)24/h10,14H,1-9H3/t14-,17+,18-/m0/s1. The normalized spacial score (nSPS) is 33.2. The predicted octanol–water partition coefficient (Wildman–Crippen LogP) is 3.96. The SMILES string of the molecule is CO[C@]12OO[C@@](C)([C@H](O[Si](C)(C)C)C(F)(F)F)C=C1C(=O)C(C)(C)C(=O)C2(C)C. The van der Waals surface area contributed by atoms with Crippen LogP contribution in [0.25, 0.3) is 0 Å². The molecule has 0 radical (unpaired) electrons. The van der Waals surface area contributed by atoms with Crippen molar-refractivity contribution < 1.29 is 41.7 Å². The molecule has 0 N–H and O–H groups in total. The van der Waals surface area contributed by atoms with E-state index in [1.54, 1.807) is 19.6 Å². The molecule has 1 aliphatic carbocycles. The highest BCUT2D eigenvalue weighted by Gasteiger charge is 2.70. The van der Waals surface area contributed by atoms with Crippen molar-refractivity contribution in [1.29, 1.82) is 0 Å². The molecule has 1 heterocycles. The van der Waals surface area contributed by atoms with Crippen molar-refractivity contribution in [1.82, 2.24) is 0 Å². The Balaban J connectivity index is 2.73. The number of carbonyl (C=O) groups is 2. The van der Waals surface area contributed by atoms with Gasteiger partial charge in [0.1, 0.15) is 0 Å². The van der Waals surface area contributed by atoms with Gasteiger partial charge in [-0.15, -0.1) is 0 Å². The Morgan fingerprint density at radius 1 is 1.03 bits per heavy atom. The van der Waals surface area contributed by atoms with E-state index in [0.717, 1.165) is 13.0 Å². The van der Waals surface area contributed by atoms with Gasteiger partial charge in [0.2, 0.25) is 5.79 Å². The lowest BCUT2D eigenvalue weighted by Gasteiger charge is -2.54. The molecule has 1 fully saturated rings. The van der Waals surface area contributed by atoms with Crippen LogP contribution in [0.4, 0.5) is 13.2 Å². The third-order valence-electron chi connectivity index (χ3n) is 5.47. The summed E-state index contributed by atoms with van der Waals surface area (Å²) in [6.07, 6.45) is -6.11. The molecule has 0 bridgehead atoms. The van der Waals surface area contributed by atoms with Gasteiger partial charge in [0.05, 0.1) is 16.4 Å². The molecule has 10 heteroatoms. The number of ether oxygens (including phenoxy) is 1. The highest BCUT2D eigenvalue weighted by Crippen LogP contribution is 2.55. The molecule has 2 rings (SSSR count). The van der Waals surface area contributed by atoms with E-state index in [-0.39, 0.29) is 5.57 Å². The van der Waals surface area contributed by atoms with Gasteiger partial charge in [-0.2, -0.15) is 18.1 Å². The van der Waals surface area contributed by atoms with Gasteiger partial charge < -0.3 is 9.16 Å². The van der Waals surface area contributed by atoms with Crippen molar-refractivity contribution in [2.24, 2.45) is 10.8 Å². The van der Waals surface area contributed by atoms with E-state index in [9.17, 15) is 22.8 Å². The first-order chi connectivity index (χ1) is 12.8. The van der Waals surface area contributed by atoms with Crippen LogP contribution in [0.3, 0.4) is 0 Å². The minimum absolute atomic E-state index is 0.184. The Labute approximate surface area is 169 Å². The molecule has 1 aliphatic heterocycles. The predicted molar refractivity (Wildman–Crippen MR) is 100 cm³/mol. The van der Waals surface area contributed by atoms with Crippen LogP contribution in [-0.2, 0) is 28.5 Å². The van der Waals surface area contributed by atoms with Crippen LogP contribution in [0.5, 0.6) is 0 Å². The van der Waals surface area contributed by atoms with Crippen molar-refractivity contribution in [3.63, 3.8) is 0 Å². The number of methoxy groups -OCH3 is 1. The minimum atomic E-state index is -4.79. The first kappa shape index (κ1) is 24.2. The summed E-state index contributed by atoms with van der Waals surface area (Å²) in [5.74, 6) is -3.11. The minimum Gasteiger partial charge on any atom is -0.404 e. The second-order valence-electron chi connectivity index (χ2n) is 9.79. The van der Waals surface area contributed by atoms with Crippen LogP contribution < -0.4 is 0 Å². The van der Waals surface area contributed by atoms with Crippen molar-refractivity contribution in [2.75, 3.05) is 7.11 Å². The molecule has 2 aliphatic rings. The largest absolute Gasteiger partial charge is 0.416 e. The molecule has 29 heavy (non-hydrogen) atoms. The molecular weight excluding hydrogens is 409 g/mol. The zero-order valence-corrected chi connectivity index (χ0v) is 19.2. The molecular formula is C19H29F3O6Si. The van der Waals surface area contributed by atoms with Crippen molar-refractivity contribution in [3.05, 3.63) is 11.6 Å². The van der Waals surface area contributed by atoms with E-state index in [2.05, 4.69) is 0 Å². The molecule has 3 atom stereocenters. The fourth-order valence-electron chi connectivity index (χ4n) is 4.01. The van der Waals surface area contributed by atoms with Crippen LogP contribution in [0.2, 0.25) is 19.6 Å². The van der Waals surface area contributed by atoms with Gasteiger partial charge in [-0.3, -0.25) is 9.59 Å². The maximum atomic E-state index is 13.9. The topological polar surface area (TPSA) is 71.1 Å². The first-order valence-electron chi connectivity index (χ1n) is 9.26. The summed E-state index contributed by atoms with van der Waals surface area (Å²) in [5.41, 5.74) is -5.21. The van der Waals surface area contributed by atoms with Gasteiger partial charge in [0, 0.05) is 7.11 Å². The average molecular weight is 439 g/mol. The second-order valence-corrected chi connectivity index (χ2v) is 14.2. The molecule has 6 nitrogen and oxygen atoms in total. The quantitative estimate of drug-likeness (QED) is 0.376. The van der Waals surface area contributed by atoms with E-state index in [0.29, 0.717) is 0 Å². The molecule has 0 spiro atoms. The van der Waals surface area contributed by atoms with Gasteiger partial charge in [0.15, 0.2) is 31.6 Å². The van der Waals surface area contributed by atoms with Gasteiger partial charge >= 0.3 is 6.18 Å². The summed E-state index contributed by atoms with van der Waals surface area (Å²) in [7, 11) is -1.46. The van der Waals surface area contributed by atoms with Gasteiger partial charge in [-0.25, -0.2) is 4.89 Å². The van der Waals surface area contributed by atoms with Crippen LogP contribution in [0, 0.1) is 10.8 Å². The number of hydrogen-bond donors (Lipinski definition) is 0. The number of alkyl halides is 3. The fourth-order valence-corrected chi connectivity index (χ4v) is 5.08. The van der Waals surface area contributed by atoms with Gasteiger partial charge in [-0.1, -0.05) is 0 Å². The lowest BCUT2D eigenvalue weighted by atomic mass is 9.57. The Morgan fingerprint density at radius 2 is 1.55 bits per heavy atom. The summed E-state index contributed by atoms with van der Waals surface area (Å²) >= 11 is 0. The first-order valence-corrected chi connectivity index (χ1v) is 12.7. The maximum Gasteiger partial charge on any atom is 0.416 e. The molecule has 166 valence electrons. The van der Waals surface area contributed by atoms with E-state index >= 15 is 0 Å². The molecule has 0 saturated heterocycles. The third kappa shape index (κ3) is 3.63. The third-order valence-corrected chi connectivity index (χ3v) is 6.41. The van der Waals surface area contributed by atoms with Crippen LogP contribution >= 0.6 is 0 Å². The zero-order valence-electron chi connectivity index (χ0n) is 18.2. The lowest BCUT2D eigenvalue weighted by Crippen LogP contribution is -2.69. The smallest absolute Gasteiger partial charge is 0.404 e. The Hall–Kier alpha value is -1.07. The Kier molecular flexibility index (Phi) is 5.60. The molecule has 0 aromatic heterocycles. The monoisotopic (exact) mass is 438 g/mol. The summed E-state index contributed by atoms with van der Waals surface area (Å²) in [4.78, 5) is 36.8. The molecule has 0 unspecified atom stereocenters. The lowest BCUT2D eigenvalue weighted by molar-refractivity contribution is -0.482. The number of halogens is 3. The van der Waals surface area contributed by atoms with Crippen LogP contribution in [-0.4, -0.2) is 50.7 Å². The van der Waals surface area contributed by atoms with Crippen molar-refractivity contribution >= 4 is 19.9 Å². The maximum absolute atomic E-state index is 13.9. The molecule has 1 saturated carbocycles. The molecule has 0 aromatic carbocycles. The van der Waals surface area contributed by atoms with E-state index in [1.807, 2.05) is 0 Å². The summed E-state index contributed by atoms with van der Waals surface area (Å²) in [5, 5.41) is 0. The van der Waals surface area contributed by atoms with Crippen LogP contribution in [0.15, 0.2) is 11.6 Å². The second kappa shape index (κ2) is 6.71.